The van der Waals surface area contributed by atoms with Crippen LogP contribution in [0.5, 0.6) is 0 Å². The number of carbonyl (C=O) groups excluding carboxylic acids is 1. The Morgan fingerprint density at radius 2 is 1.90 bits per heavy atom. The molecule has 108 valence electrons. The Kier molecular flexibility index (Phi) is 3.49. The topological polar surface area (TPSA) is 55.1 Å². The number of halogens is 1. The van der Waals surface area contributed by atoms with Crippen molar-refractivity contribution in [2.45, 2.75) is 25.2 Å². The van der Waals surface area contributed by atoms with E-state index in [-0.39, 0.29) is 11.3 Å². The second-order valence-electron chi connectivity index (χ2n) is 5.59. The minimum atomic E-state index is -0.382. The number of nitrogens with two attached hydrogens (primary N) is 1. The lowest BCUT2D eigenvalue weighted by molar-refractivity contribution is -0.118. The zero-order chi connectivity index (χ0) is 15.0. The predicted molar refractivity (Wildman–Crippen MR) is 89.3 cm³/mol. The van der Waals surface area contributed by atoms with Gasteiger partial charge in [0.05, 0.1) is 16.8 Å². The quantitative estimate of drug-likeness (QED) is 0.826. The van der Waals surface area contributed by atoms with Gasteiger partial charge in [0.25, 0.3) is 0 Å². The van der Waals surface area contributed by atoms with E-state index >= 15 is 0 Å². The monoisotopic (exact) mass is 344 g/mol. The molecule has 0 atom stereocenters. The highest BCUT2D eigenvalue weighted by molar-refractivity contribution is 9.10. The van der Waals surface area contributed by atoms with Gasteiger partial charge in [-0.3, -0.25) is 4.79 Å². The maximum Gasteiger partial charge on any atom is 0.235 e. The molecule has 0 spiro atoms. The van der Waals surface area contributed by atoms with E-state index in [1.165, 1.54) is 0 Å². The molecule has 0 bridgehead atoms. The maximum atomic E-state index is 12.7. The van der Waals surface area contributed by atoms with Crippen LogP contribution in [-0.2, 0) is 10.2 Å². The van der Waals surface area contributed by atoms with Crippen LogP contribution >= 0.6 is 15.9 Å². The number of nitrogens with one attached hydrogen (secondary N) is 1. The van der Waals surface area contributed by atoms with E-state index in [4.69, 9.17) is 5.73 Å². The normalized spacial score (nSPS) is 15.5. The summed E-state index contributed by atoms with van der Waals surface area (Å²) in [6.07, 6.45) is 1.77. The van der Waals surface area contributed by atoms with Gasteiger partial charge in [0.15, 0.2) is 0 Å². The van der Waals surface area contributed by atoms with Crippen molar-refractivity contribution in [3.05, 3.63) is 58.1 Å². The first-order valence-corrected chi connectivity index (χ1v) is 7.75. The van der Waals surface area contributed by atoms with Gasteiger partial charge in [-0.2, -0.15) is 0 Å². The van der Waals surface area contributed by atoms with Gasteiger partial charge in [-0.05, 0) is 43.0 Å². The highest BCUT2D eigenvalue weighted by Crippen LogP contribution is 2.49. The number of rotatable bonds is 3. The summed E-state index contributed by atoms with van der Waals surface area (Å²) in [4.78, 5) is 12.7. The standard InChI is InChI=1S/C17H17BrN2O/c1-11-9-13(18)10-14(19)15(11)20-16(21)17(7-8-17)12-5-3-2-4-6-12/h2-6,9-10H,7-8,19H2,1H3,(H,20,21). The molecule has 21 heavy (non-hydrogen) atoms. The average molecular weight is 345 g/mol. The zero-order valence-corrected chi connectivity index (χ0v) is 13.4. The van der Waals surface area contributed by atoms with Crippen molar-refractivity contribution < 1.29 is 4.79 Å². The van der Waals surface area contributed by atoms with Crippen molar-refractivity contribution in [3.8, 4) is 0 Å². The molecule has 1 aliphatic carbocycles. The number of aryl methyl sites for hydroxylation is 1. The van der Waals surface area contributed by atoms with Gasteiger partial charge in [-0.1, -0.05) is 46.3 Å². The summed E-state index contributed by atoms with van der Waals surface area (Å²) in [6.45, 7) is 1.94. The lowest BCUT2D eigenvalue weighted by atomic mass is 9.95. The van der Waals surface area contributed by atoms with Crippen LogP contribution < -0.4 is 11.1 Å². The largest absolute Gasteiger partial charge is 0.397 e. The molecular formula is C17H17BrN2O. The number of hydrogen-bond donors (Lipinski definition) is 2. The van der Waals surface area contributed by atoms with Gasteiger partial charge in [0.2, 0.25) is 5.91 Å². The first kappa shape index (κ1) is 14.1. The van der Waals surface area contributed by atoms with E-state index in [0.29, 0.717) is 11.4 Å². The lowest BCUT2D eigenvalue weighted by Gasteiger charge is -2.18. The smallest absolute Gasteiger partial charge is 0.235 e. The van der Waals surface area contributed by atoms with Crippen LogP contribution in [-0.4, -0.2) is 5.91 Å². The van der Waals surface area contributed by atoms with Crippen molar-refractivity contribution >= 4 is 33.2 Å². The molecule has 3 N–H and O–H groups in total. The average Bonchev–Trinajstić information content (AvgIpc) is 3.25. The Hall–Kier alpha value is -1.81. The second-order valence-corrected chi connectivity index (χ2v) is 6.50. The van der Waals surface area contributed by atoms with Crippen molar-refractivity contribution in [1.29, 1.82) is 0 Å². The van der Waals surface area contributed by atoms with E-state index in [2.05, 4.69) is 21.2 Å². The summed E-state index contributed by atoms with van der Waals surface area (Å²) in [6, 6.07) is 13.7. The molecule has 0 unspecified atom stereocenters. The molecule has 2 aromatic rings. The molecule has 0 aliphatic heterocycles. The summed E-state index contributed by atoms with van der Waals surface area (Å²) in [5.74, 6) is 0.0332. The van der Waals surface area contributed by atoms with Crippen LogP contribution in [0.2, 0.25) is 0 Å². The van der Waals surface area contributed by atoms with Crippen LogP contribution in [0.15, 0.2) is 46.9 Å². The van der Waals surface area contributed by atoms with Crippen LogP contribution in [0.25, 0.3) is 0 Å². The van der Waals surface area contributed by atoms with Crippen molar-refractivity contribution in [2.24, 2.45) is 0 Å². The molecule has 1 saturated carbocycles. The fourth-order valence-electron chi connectivity index (χ4n) is 2.70. The number of nitrogen functional groups attached to an aromatic ring is 1. The van der Waals surface area contributed by atoms with Crippen LogP contribution in [0, 0.1) is 6.92 Å². The van der Waals surface area contributed by atoms with E-state index < -0.39 is 0 Å². The summed E-state index contributed by atoms with van der Waals surface area (Å²) in [5.41, 5.74) is 8.98. The number of anilines is 2. The lowest BCUT2D eigenvalue weighted by Crippen LogP contribution is -2.28. The molecule has 0 saturated heterocycles. The third-order valence-electron chi connectivity index (χ3n) is 4.08. The van der Waals surface area contributed by atoms with Gasteiger partial charge in [0, 0.05) is 4.47 Å². The van der Waals surface area contributed by atoms with E-state index in [1.54, 1.807) is 0 Å². The van der Waals surface area contributed by atoms with Gasteiger partial charge < -0.3 is 11.1 Å². The summed E-state index contributed by atoms with van der Waals surface area (Å²) in [5, 5.41) is 3.02. The van der Waals surface area contributed by atoms with Crippen LogP contribution in [0.4, 0.5) is 11.4 Å². The minimum absolute atomic E-state index is 0.0332. The third-order valence-corrected chi connectivity index (χ3v) is 4.54. The van der Waals surface area contributed by atoms with Gasteiger partial charge in [-0.15, -0.1) is 0 Å². The molecule has 3 nitrogen and oxygen atoms in total. The van der Waals surface area contributed by atoms with Crippen LogP contribution in [0.3, 0.4) is 0 Å². The first-order chi connectivity index (χ1) is 10.0. The highest BCUT2D eigenvalue weighted by atomic mass is 79.9. The molecule has 0 heterocycles. The number of carbonyl (C=O) groups is 1. The third kappa shape index (κ3) is 2.56. The van der Waals surface area contributed by atoms with Crippen molar-refractivity contribution in [3.63, 3.8) is 0 Å². The summed E-state index contributed by atoms with van der Waals surface area (Å²) in [7, 11) is 0. The fourth-order valence-corrected chi connectivity index (χ4v) is 3.29. The van der Waals surface area contributed by atoms with Gasteiger partial charge in [0.1, 0.15) is 0 Å². The zero-order valence-electron chi connectivity index (χ0n) is 11.8. The second kappa shape index (κ2) is 5.19. The molecule has 1 amide bonds. The minimum Gasteiger partial charge on any atom is -0.397 e. The molecule has 0 aromatic heterocycles. The maximum absolute atomic E-state index is 12.7. The number of hydrogen-bond acceptors (Lipinski definition) is 2. The Morgan fingerprint density at radius 1 is 1.24 bits per heavy atom. The van der Waals surface area contributed by atoms with Crippen molar-refractivity contribution in [1.82, 2.24) is 0 Å². The van der Waals surface area contributed by atoms with Gasteiger partial charge in [-0.25, -0.2) is 0 Å². The van der Waals surface area contributed by atoms with Gasteiger partial charge >= 0.3 is 0 Å². The van der Waals surface area contributed by atoms with E-state index in [0.717, 1.165) is 28.4 Å². The molecule has 2 aromatic carbocycles. The molecular weight excluding hydrogens is 328 g/mol. The fraction of sp³-hybridized carbons (Fsp3) is 0.235. The summed E-state index contributed by atoms with van der Waals surface area (Å²) < 4.78 is 0.916. The SMILES string of the molecule is Cc1cc(Br)cc(N)c1NC(=O)C1(c2ccccc2)CC1. The molecule has 1 aliphatic rings. The van der Waals surface area contributed by atoms with Crippen molar-refractivity contribution in [2.75, 3.05) is 11.1 Å². The first-order valence-electron chi connectivity index (χ1n) is 6.95. The van der Waals surface area contributed by atoms with Crippen LogP contribution in [0.1, 0.15) is 24.0 Å². The molecule has 4 heteroatoms. The van der Waals surface area contributed by atoms with E-state index in [1.807, 2.05) is 49.4 Å². The predicted octanol–water partition coefficient (Wildman–Crippen LogP) is 4.01. The highest BCUT2D eigenvalue weighted by Gasteiger charge is 2.51. The summed E-state index contributed by atoms with van der Waals surface area (Å²) >= 11 is 3.41. The number of benzene rings is 2. The molecule has 1 fully saturated rings. The number of amides is 1. The Labute approximate surface area is 132 Å². The molecule has 0 radical (unpaired) electrons. The Bertz CT molecular complexity index is 670. The Morgan fingerprint density at radius 3 is 2.48 bits per heavy atom. The Balaban J connectivity index is 1.88. The molecule has 3 rings (SSSR count). The van der Waals surface area contributed by atoms with E-state index in [9.17, 15) is 4.79 Å².